The van der Waals surface area contributed by atoms with Crippen molar-refractivity contribution in [2.75, 3.05) is 43.2 Å². The minimum Gasteiger partial charge on any atom is -0.386 e. The average molecular weight is 331 g/mol. The largest absolute Gasteiger partial charge is 0.386 e. The van der Waals surface area contributed by atoms with Crippen molar-refractivity contribution in [1.29, 1.82) is 0 Å². The Morgan fingerprint density at radius 2 is 1.90 bits per heavy atom. The number of benzene rings is 1. The minimum atomic E-state index is -3.12. The Balaban J connectivity index is 2.18. The van der Waals surface area contributed by atoms with Gasteiger partial charge in [-0.25, -0.2) is 13.4 Å². The van der Waals surface area contributed by atoms with Crippen LogP contribution >= 0.6 is 11.6 Å². The summed E-state index contributed by atoms with van der Waals surface area (Å²) in [6, 6.07) is 7.64. The molecule has 1 heterocycles. The van der Waals surface area contributed by atoms with Gasteiger partial charge < -0.3 is 10.6 Å². The maximum atomic E-state index is 11.5. The highest BCUT2D eigenvalue weighted by Crippen LogP contribution is 2.29. The molecule has 0 bridgehead atoms. The molecule has 1 fully saturated rings. The Hall–Kier alpha value is -1.31. The first-order valence-electron chi connectivity index (χ1n) is 6.60. The first kappa shape index (κ1) is 16.1. The Labute approximate surface area is 130 Å². The molecule has 2 N–H and O–H groups in total. The van der Waals surface area contributed by atoms with Crippen LogP contribution < -0.4 is 10.6 Å². The second-order valence-electron chi connectivity index (χ2n) is 4.87. The molecule has 21 heavy (non-hydrogen) atoms. The molecule has 0 atom stereocenters. The van der Waals surface area contributed by atoms with E-state index in [0.717, 1.165) is 11.4 Å². The number of alkyl halides is 1. The van der Waals surface area contributed by atoms with Crippen LogP contribution in [-0.2, 0) is 10.0 Å². The molecule has 2 rings (SSSR count). The lowest BCUT2D eigenvalue weighted by atomic mass is 10.2. The van der Waals surface area contributed by atoms with Gasteiger partial charge in [0, 0.05) is 26.2 Å². The Kier molecular flexibility index (Phi) is 5.08. The summed E-state index contributed by atoms with van der Waals surface area (Å²) in [5.74, 6) is 0.537. The maximum absolute atomic E-state index is 11.5. The number of sulfonamides is 1. The maximum Gasteiger partial charge on any atom is 0.211 e. The number of anilines is 1. The molecule has 1 aliphatic rings. The fourth-order valence-corrected chi connectivity index (χ4v) is 3.16. The highest BCUT2D eigenvalue weighted by Gasteiger charge is 2.24. The van der Waals surface area contributed by atoms with Gasteiger partial charge in [-0.2, -0.15) is 4.31 Å². The molecule has 116 valence electrons. The number of amidine groups is 1. The van der Waals surface area contributed by atoms with Crippen LogP contribution in [0.4, 0.5) is 11.4 Å². The molecule has 0 saturated carbocycles. The normalized spacial score (nSPS) is 18.0. The summed E-state index contributed by atoms with van der Waals surface area (Å²) in [6.45, 7) is 2.20. The molecule has 1 aromatic rings. The topological polar surface area (TPSA) is 79.0 Å². The second kappa shape index (κ2) is 6.64. The zero-order valence-corrected chi connectivity index (χ0v) is 13.4. The van der Waals surface area contributed by atoms with Crippen LogP contribution in [0.15, 0.2) is 29.3 Å². The summed E-state index contributed by atoms with van der Waals surface area (Å²) in [5, 5.41) is 0. The van der Waals surface area contributed by atoms with E-state index in [1.165, 1.54) is 10.6 Å². The molecule has 1 saturated heterocycles. The predicted molar refractivity (Wildman–Crippen MR) is 87.1 cm³/mol. The highest BCUT2D eigenvalue weighted by atomic mass is 35.5. The number of piperazine rings is 1. The number of nitrogens with zero attached hydrogens (tertiary/aromatic N) is 3. The molecule has 0 radical (unpaired) electrons. The van der Waals surface area contributed by atoms with Gasteiger partial charge in [-0.3, -0.25) is 0 Å². The van der Waals surface area contributed by atoms with E-state index in [1.807, 2.05) is 24.3 Å². The first-order chi connectivity index (χ1) is 9.91. The van der Waals surface area contributed by atoms with Crippen molar-refractivity contribution in [3.8, 4) is 0 Å². The van der Waals surface area contributed by atoms with Gasteiger partial charge in [0.15, 0.2) is 0 Å². The van der Waals surface area contributed by atoms with E-state index >= 15 is 0 Å². The van der Waals surface area contributed by atoms with Crippen molar-refractivity contribution in [3.63, 3.8) is 0 Å². The molecular weight excluding hydrogens is 312 g/mol. The van der Waals surface area contributed by atoms with E-state index < -0.39 is 10.0 Å². The van der Waals surface area contributed by atoms with Crippen LogP contribution in [0.5, 0.6) is 0 Å². The number of nitrogens with two attached hydrogens (primary N) is 1. The summed E-state index contributed by atoms with van der Waals surface area (Å²) < 4.78 is 24.6. The minimum absolute atomic E-state index is 0.177. The van der Waals surface area contributed by atoms with E-state index in [2.05, 4.69) is 9.89 Å². The summed E-state index contributed by atoms with van der Waals surface area (Å²) in [5.41, 5.74) is 7.39. The number of hydrogen-bond donors (Lipinski definition) is 1. The molecule has 0 amide bonds. The third kappa shape index (κ3) is 4.09. The lowest BCUT2D eigenvalue weighted by Gasteiger charge is -2.35. The Morgan fingerprint density at radius 3 is 2.48 bits per heavy atom. The van der Waals surface area contributed by atoms with Crippen LogP contribution in [0.25, 0.3) is 0 Å². The third-order valence-corrected chi connectivity index (χ3v) is 4.91. The van der Waals surface area contributed by atoms with E-state index in [4.69, 9.17) is 17.3 Å². The molecule has 8 heteroatoms. The number of aliphatic imine (C=N–C) groups is 1. The zero-order chi connectivity index (χ0) is 15.5. The van der Waals surface area contributed by atoms with Gasteiger partial charge in [0.25, 0.3) is 0 Å². The standard InChI is InChI=1S/C13H19ClN4O2S/c1-21(19,20)18-8-6-17(7-9-18)12-5-3-2-4-11(12)16-13(15)10-14/h2-5H,6-10H2,1H3,(H2,15,16). The van der Waals surface area contributed by atoms with Crippen molar-refractivity contribution < 1.29 is 8.42 Å². The molecular formula is C13H19ClN4O2S. The summed E-state index contributed by atoms with van der Waals surface area (Å²) in [4.78, 5) is 6.42. The van der Waals surface area contributed by atoms with Crippen molar-refractivity contribution in [1.82, 2.24) is 4.31 Å². The fourth-order valence-electron chi connectivity index (χ4n) is 2.27. The molecule has 0 spiro atoms. The van der Waals surface area contributed by atoms with Gasteiger partial charge in [0.2, 0.25) is 10.0 Å². The average Bonchev–Trinajstić information content (AvgIpc) is 2.47. The van der Waals surface area contributed by atoms with Gasteiger partial charge in [-0.15, -0.1) is 11.6 Å². The van der Waals surface area contributed by atoms with Crippen LogP contribution in [0, 0.1) is 0 Å². The lowest BCUT2D eigenvalue weighted by molar-refractivity contribution is 0.388. The number of para-hydroxylation sites is 2. The van der Waals surface area contributed by atoms with Gasteiger partial charge in [-0.1, -0.05) is 12.1 Å². The number of rotatable bonds is 4. The Bertz CT molecular complexity index is 625. The quantitative estimate of drug-likeness (QED) is 0.507. The molecule has 6 nitrogen and oxygen atoms in total. The fraction of sp³-hybridized carbons (Fsp3) is 0.462. The van der Waals surface area contributed by atoms with Crippen molar-refractivity contribution in [2.45, 2.75) is 0 Å². The second-order valence-corrected chi connectivity index (χ2v) is 7.12. The predicted octanol–water partition coefficient (Wildman–Crippen LogP) is 0.996. The summed E-state index contributed by atoms with van der Waals surface area (Å²) >= 11 is 5.67. The first-order valence-corrected chi connectivity index (χ1v) is 8.98. The molecule has 1 aliphatic heterocycles. The third-order valence-electron chi connectivity index (χ3n) is 3.33. The van der Waals surface area contributed by atoms with Gasteiger partial charge in [0.05, 0.1) is 23.5 Å². The number of hydrogen-bond acceptors (Lipinski definition) is 4. The SMILES string of the molecule is CS(=O)(=O)N1CCN(c2ccccc2N=C(N)CCl)CC1. The van der Waals surface area contributed by atoms with Crippen LogP contribution in [-0.4, -0.2) is 56.9 Å². The molecule has 0 unspecified atom stereocenters. The van der Waals surface area contributed by atoms with Crippen molar-refractivity contribution in [2.24, 2.45) is 10.7 Å². The van der Waals surface area contributed by atoms with Gasteiger partial charge >= 0.3 is 0 Å². The van der Waals surface area contributed by atoms with E-state index in [9.17, 15) is 8.42 Å². The van der Waals surface area contributed by atoms with E-state index in [1.54, 1.807) is 0 Å². The van der Waals surface area contributed by atoms with Crippen molar-refractivity contribution in [3.05, 3.63) is 24.3 Å². The zero-order valence-electron chi connectivity index (χ0n) is 11.9. The van der Waals surface area contributed by atoms with E-state index in [0.29, 0.717) is 32.0 Å². The van der Waals surface area contributed by atoms with Crippen LogP contribution in [0.1, 0.15) is 0 Å². The van der Waals surface area contributed by atoms with E-state index in [-0.39, 0.29) is 5.88 Å². The van der Waals surface area contributed by atoms with Crippen LogP contribution in [0.3, 0.4) is 0 Å². The van der Waals surface area contributed by atoms with Gasteiger partial charge in [-0.05, 0) is 12.1 Å². The molecule has 0 aromatic heterocycles. The molecule has 0 aliphatic carbocycles. The van der Waals surface area contributed by atoms with Crippen molar-refractivity contribution >= 4 is 38.8 Å². The lowest BCUT2D eigenvalue weighted by Crippen LogP contribution is -2.48. The molecule has 1 aromatic carbocycles. The smallest absolute Gasteiger partial charge is 0.211 e. The monoisotopic (exact) mass is 330 g/mol. The van der Waals surface area contributed by atoms with Gasteiger partial charge in [0.1, 0.15) is 5.84 Å². The highest BCUT2D eigenvalue weighted by molar-refractivity contribution is 7.88. The van der Waals surface area contributed by atoms with Crippen LogP contribution in [0.2, 0.25) is 0 Å². The number of halogens is 1. The summed E-state index contributed by atoms with van der Waals surface area (Å²) in [6.07, 6.45) is 1.24. The summed E-state index contributed by atoms with van der Waals surface area (Å²) in [7, 11) is -3.12. The Morgan fingerprint density at radius 1 is 1.29 bits per heavy atom.